The van der Waals surface area contributed by atoms with E-state index in [2.05, 4.69) is 10.3 Å². The molecule has 2 aromatic rings. The first-order valence-corrected chi connectivity index (χ1v) is 7.57. The smallest absolute Gasteiger partial charge is 0.270 e. The van der Waals surface area contributed by atoms with E-state index >= 15 is 0 Å². The van der Waals surface area contributed by atoms with Crippen molar-refractivity contribution in [1.82, 2.24) is 4.83 Å². The van der Waals surface area contributed by atoms with Crippen molar-refractivity contribution in [2.75, 3.05) is 12.5 Å². The molecule has 22 heavy (non-hydrogen) atoms. The number of non-ortho nitro benzene ring substituents is 1. The van der Waals surface area contributed by atoms with Gasteiger partial charge in [0, 0.05) is 18.2 Å². The van der Waals surface area contributed by atoms with Gasteiger partial charge >= 0.3 is 0 Å². The summed E-state index contributed by atoms with van der Waals surface area (Å²) in [6.45, 7) is 0. The van der Waals surface area contributed by atoms with E-state index in [1.165, 1.54) is 25.3 Å². The number of nitrogens with zero attached hydrogens (tertiary/aromatic N) is 1. The van der Waals surface area contributed by atoms with Crippen molar-refractivity contribution >= 4 is 21.4 Å². The van der Waals surface area contributed by atoms with Crippen LogP contribution in [0.3, 0.4) is 0 Å². The van der Waals surface area contributed by atoms with Gasteiger partial charge in [0.1, 0.15) is 5.75 Å². The van der Waals surface area contributed by atoms with Crippen molar-refractivity contribution in [3.63, 3.8) is 0 Å². The van der Waals surface area contributed by atoms with Crippen LogP contribution in [0.15, 0.2) is 53.4 Å². The Morgan fingerprint density at radius 1 is 1.14 bits per heavy atom. The van der Waals surface area contributed by atoms with Crippen LogP contribution in [0, 0.1) is 10.1 Å². The normalized spacial score (nSPS) is 11.0. The summed E-state index contributed by atoms with van der Waals surface area (Å²) in [5.74, 6) is 0.555. The van der Waals surface area contributed by atoms with Gasteiger partial charge in [0.25, 0.3) is 15.7 Å². The summed E-state index contributed by atoms with van der Waals surface area (Å²) in [6, 6.07) is 11.4. The van der Waals surface area contributed by atoms with Gasteiger partial charge in [-0.25, -0.2) is 8.42 Å². The lowest BCUT2D eigenvalue weighted by molar-refractivity contribution is -0.385. The summed E-state index contributed by atoms with van der Waals surface area (Å²) >= 11 is 0. The van der Waals surface area contributed by atoms with E-state index in [9.17, 15) is 18.5 Å². The molecule has 2 N–H and O–H groups in total. The molecule has 0 heterocycles. The van der Waals surface area contributed by atoms with E-state index < -0.39 is 14.9 Å². The van der Waals surface area contributed by atoms with E-state index in [-0.39, 0.29) is 10.6 Å². The van der Waals surface area contributed by atoms with Crippen LogP contribution in [0.1, 0.15) is 0 Å². The summed E-state index contributed by atoms with van der Waals surface area (Å²) < 4.78 is 29.2. The number of ether oxygens (including phenoxy) is 1. The van der Waals surface area contributed by atoms with Crippen molar-refractivity contribution in [3.8, 4) is 5.75 Å². The van der Waals surface area contributed by atoms with Gasteiger partial charge in [-0.05, 0) is 18.2 Å². The highest BCUT2D eigenvalue weighted by Gasteiger charge is 2.17. The lowest BCUT2D eigenvalue weighted by Gasteiger charge is -2.10. The second-order valence-electron chi connectivity index (χ2n) is 4.22. The number of methoxy groups -OCH3 is 1. The third kappa shape index (κ3) is 3.71. The number of nitro groups is 1. The molecule has 0 atom stereocenters. The lowest BCUT2D eigenvalue weighted by Crippen LogP contribution is -2.29. The largest absolute Gasteiger partial charge is 0.497 e. The van der Waals surface area contributed by atoms with Gasteiger partial charge < -0.3 is 10.2 Å². The van der Waals surface area contributed by atoms with Crippen LogP contribution in [0.2, 0.25) is 0 Å². The summed E-state index contributed by atoms with van der Waals surface area (Å²) in [7, 11) is -2.45. The maximum atomic E-state index is 12.1. The van der Waals surface area contributed by atoms with Crippen molar-refractivity contribution in [3.05, 3.63) is 58.6 Å². The van der Waals surface area contributed by atoms with Crippen LogP contribution in [0.5, 0.6) is 5.75 Å². The van der Waals surface area contributed by atoms with Crippen LogP contribution >= 0.6 is 0 Å². The minimum atomic E-state index is -3.94. The van der Waals surface area contributed by atoms with Crippen LogP contribution in [-0.4, -0.2) is 20.5 Å². The Morgan fingerprint density at radius 3 is 2.55 bits per heavy atom. The molecular formula is C13H13N3O5S. The first-order valence-electron chi connectivity index (χ1n) is 6.09. The maximum absolute atomic E-state index is 12.1. The van der Waals surface area contributed by atoms with Gasteiger partial charge in [-0.2, -0.15) is 0 Å². The van der Waals surface area contributed by atoms with Crippen molar-refractivity contribution < 1.29 is 18.1 Å². The highest BCUT2D eigenvalue weighted by molar-refractivity contribution is 7.89. The minimum Gasteiger partial charge on any atom is -0.497 e. The summed E-state index contributed by atoms with van der Waals surface area (Å²) in [5.41, 5.74) is 2.68. The average Bonchev–Trinajstić information content (AvgIpc) is 2.53. The van der Waals surface area contributed by atoms with E-state index in [0.717, 1.165) is 6.07 Å². The maximum Gasteiger partial charge on any atom is 0.270 e. The number of sulfonamides is 1. The van der Waals surface area contributed by atoms with Crippen LogP contribution in [-0.2, 0) is 10.0 Å². The molecule has 116 valence electrons. The fourth-order valence-corrected chi connectivity index (χ4v) is 2.55. The quantitative estimate of drug-likeness (QED) is 0.620. The Balaban J connectivity index is 2.17. The zero-order chi connectivity index (χ0) is 16.2. The van der Waals surface area contributed by atoms with Gasteiger partial charge in [0.2, 0.25) is 0 Å². The zero-order valence-electron chi connectivity index (χ0n) is 11.5. The van der Waals surface area contributed by atoms with Crippen molar-refractivity contribution in [2.24, 2.45) is 0 Å². The van der Waals surface area contributed by atoms with Crippen molar-refractivity contribution in [2.45, 2.75) is 4.90 Å². The number of benzene rings is 2. The molecule has 0 aliphatic heterocycles. The van der Waals surface area contributed by atoms with Crippen LogP contribution in [0.4, 0.5) is 11.4 Å². The molecule has 0 fully saturated rings. The summed E-state index contributed by atoms with van der Waals surface area (Å²) in [4.78, 5) is 12.0. The number of nitro benzene ring substituents is 1. The van der Waals surface area contributed by atoms with Gasteiger partial charge in [0.15, 0.2) is 0 Å². The molecule has 0 saturated carbocycles. The molecule has 0 amide bonds. The summed E-state index contributed by atoms with van der Waals surface area (Å²) in [6.07, 6.45) is 0. The fourth-order valence-electron chi connectivity index (χ4n) is 1.65. The third-order valence-electron chi connectivity index (χ3n) is 2.74. The first kappa shape index (κ1) is 15.7. The predicted octanol–water partition coefficient (Wildman–Crippen LogP) is 1.91. The number of hydrogen-bond acceptors (Lipinski definition) is 6. The molecule has 0 unspecified atom stereocenters. The third-order valence-corrected chi connectivity index (χ3v) is 3.98. The Morgan fingerprint density at radius 2 is 1.86 bits per heavy atom. The highest BCUT2D eigenvalue weighted by Crippen LogP contribution is 2.19. The van der Waals surface area contributed by atoms with Gasteiger partial charge in [0.05, 0.1) is 22.6 Å². The molecule has 0 radical (unpaired) electrons. The molecule has 0 spiro atoms. The SMILES string of the molecule is COc1cccc(NNS(=O)(=O)c2cccc([N+](=O)[O-])c2)c1. The van der Waals surface area contributed by atoms with E-state index in [4.69, 9.17) is 4.74 Å². The molecule has 2 aromatic carbocycles. The molecule has 0 bridgehead atoms. The standard InChI is InChI=1S/C13H13N3O5S/c1-21-12-6-2-4-10(8-12)14-15-22(19,20)13-7-3-5-11(9-13)16(17)18/h2-9,14-15H,1H3. The van der Waals surface area contributed by atoms with E-state index in [1.54, 1.807) is 24.3 Å². The average molecular weight is 323 g/mol. The molecule has 0 aromatic heterocycles. The van der Waals surface area contributed by atoms with Crippen molar-refractivity contribution in [1.29, 1.82) is 0 Å². The Bertz CT molecular complexity index is 792. The number of hydrogen-bond donors (Lipinski definition) is 2. The Kier molecular flexibility index (Phi) is 4.59. The zero-order valence-corrected chi connectivity index (χ0v) is 12.3. The topological polar surface area (TPSA) is 111 Å². The Labute approximate surface area is 126 Å². The van der Waals surface area contributed by atoms with Gasteiger partial charge in [-0.15, -0.1) is 4.83 Å². The van der Waals surface area contributed by atoms with Crippen LogP contribution < -0.4 is 15.0 Å². The number of hydrazine groups is 1. The highest BCUT2D eigenvalue weighted by atomic mass is 32.2. The lowest BCUT2D eigenvalue weighted by atomic mass is 10.3. The monoisotopic (exact) mass is 323 g/mol. The number of nitrogens with one attached hydrogen (secondary N) is 2. The van der Waals surface area contributed by atoms with E-state index in [1.807, 2.05) is 0 Å². The second-order valence-corrected chi connectivity index (χ2v) is 5.90. The Hall–Kier alpha value is -2.65. The fraction of sp³-hybridized carbons (Fsp3) is 0.0769. The molecule has 8 nitrogen and oxygen atoms in total. The van der Waals surface area contributed by atoms with E-state index in [0.29, 0.717) is 11.4 Å². The predicted molar refractivity (Wildman–Crippen MR) is 80.0 cm³/mol. The number of anilines is 1. The van der Waals surface area contributed by atoms with Crippen LogP contribution in [0.25, 0.3) is 0 Å². The van der Waals surface area contributed by atoms with Gasteiger partial charge in [-0.3, -0.25) is 10.1 Å². The molecular weight excluding hydrogens is 310 g/mol. The molecule has 0 aliphatic carbocycles. The minimum absolute atomic E-state index is 0.211. The molecule has 2 rings (SSSR count). The van der Waals surface area contributed by atoms with Gasteiger partial charge in [-0.1, -0.05) is 12.1 Å². The first-order chi connectivity index (χ1) is 10.4. The second kappa shape index (κ2) is 6.41. The molecule has 9 heteroatoms. The molecule has 0 saturated heterocycles. The summed E-state index contributed by atoms with van der Waals surface area (Å²) in [5, 5.41) is 10.7. The number of rotatable bonds is 6. The molecule has 0 aliphatic rings.